The van der Waals surface area contributed by atoms with Gasteiger partial charge in [0, 0.05) is 6.04 Å². The molecule has 1 aromatic carbocycles. The van der Waals surface area contributed by atoms with Gasteiger partial charge in [-0.25, -0.2) is 0 Å². The molecule has 0 radical (unpaired) electrons. The largest absolute Gasteiger partial charge is 0.323 e. The van der Waals surface area contributed by atoms with Crippen LogP contribution in [0.25, 0.3) is 0 Å². The molecule has 0 spiro atoms. The van der Waals surface area contributed by atoms with E-state index in [0.717, 1.165) is 24.3 Å². The average molecular weight is 331 g/mol. The maximum absolute atomic E-state index is 12.3. The average Bonchev–Trinajstić information content (AvgIpc) is 3.02. The fraction of sp³-hybridized carbons (Fsp3) is 0.417. The van der Waals surface area contributed by atoms with Crippen LogP contribution in [0.2, 0.25) is 10.0 Å². The maximum Gasteiger partial charge on any atom is 0.229 e. The number of amides is 1. The number of anilines is 1. The maximum atomic E-state index is 12.3. The van der Waals surface area contributed by atoms with Crippen LogP contribution in [0, 0.1) is 5.92 Å². The third-order valence-electron chi connectivity index (χ3n) is 3.55. The Kier molecular flexibility index (Phi) is 3.81. The summed E-state index contributed by atoms with van der Waals surface area (Å²) in [6.45, 7) is 2.85. The zero-order valence-electron chi connectivity index (χ0n) is 10.6. The van der Waals surface area contributed by atoms with Gasteiger partial charge in [0.05, 0.1) is 33.0 Å². The first-order chi connectivity index (χ1) is 9.58. The van der Waals surface area contributed by atoms with Gasteiger partial charge in [0.2, 0.25) is 5.91 Å². The van der Waals surface area contributed by atoms with Gasteiger partial charge in [-0.3, -0.25) is 4.79 Å². The fourth-order valence-corrected chi connectivity index (χ4v) is 3.59. The Labute approximate surface area is 129 Å². The highest BCUT2D eigenvalue weighted by Crippen LogP contribution is 2.47. The molecule has 0 aromatic heterocycles. The van der Waals surface area contributed by atoms with Crippen LogP contribution in [-0.4, -0.2) is 18.5 Å². The number of nitrogens with one attached hydrogen (secondary N) is 2. The van der Waals surface area contributed by atoms with Gasteiger partial charge in [-0.15, -0.1) is 0 Å². The summed E-state index contributed by atoms with van der Waals surface area (Å²) in [4.78, 5) is 12.3. The van der Waals surface area contributed by atoms with Gasteiger partial charge in [-0.1, -0.05) is 23.2 Å². The topological polar surface area (TPSA) is 65.8 Å². The van der Waals surface area contributed by atoms with Crippen LogP contribution in [-0.2, 0) is 16.1 Å². The first kappa shape index (κ1) is 14.0. The van der Waals surface area contributed by atoms with E-state index in [0.29, 0.717) is 27.1 Å². The van der Waals surface area contributed by atoms with Crippen LogP contribution in [0.1, 0.15) is 13.3 Å². The van der Waals surface area contributed by atoms with Gasteiger partial charge in [-0.2, -0.15) is 8.73 Å². The zero-order valence-corrected chi connectivity index (χ0v) is 12.9. The second kappa shape index (κ2) is 5.44. The summed E-state index contributed by atoms with van der Waals surface area (Å²) in [6.07, 6.45) is 0.816. The van der Waals surface area contributed by atoms with Crippen LogP contribution in [0.3, 0.4) is 0 Å². The molecule has 5 nitrogen and oxygen atoms in total. The van der Waals surface area contributed by atoms with Crippen LogP contribution in [0.5, 0.6) is 0 Å². The van der Waals surface area contributed by atoms with E-state index in [4.69, 9.17) is 23.2 Å². The number of hydrogen-bond acceptors (Lipinski definition) is 4. The minimum Gasteiger partial charge on any atom is -0.323 e. The Hall–Kier alpha value is -0.950. The molecule has 0 saturated carbocycles. The Balaban J connectivity index is 1.90. The van der Waals surface area contributed by atoms with Crippen LogP contribution < -0.4 is 10.6 Å². The van der Waals surface area contributed by atoms with Crippen molar-refractivity contribution in [2.24, 2.45) is 14.6 Å². The van der Waals surface area contributed by atoms with E-state index < -0.39 is 0 Å². The van der Waals surface area contributed by atoms with E-state index in [1.807, 2.05) is 6.92 Å². The fourth-order valence-electron chi connectivity index (χ4n) is 2.43. The lowest BCUT2D eigenvalue weighted by Gasteiger charge is -2.17. The van der Waals surface area contributed by atoms with Crippen LogP contribution in [0.15, 0.2) is 14.8 Å². The summed E-state index contributed by atoms with van der Waals surface area (Å²) in [7, 11) is 0. The second-order valence-electron chi connectivity index (χ2n) is 4.80. The highest BCUT2D eigenvalue weighted by Gasteiger charge is 2.31. The molecule has 2 aliphatic rings. The molecule has 1 saturated heterocycles. The molecule has 2 unspecified atom stereocenters. The molecule has 1 amide bonds. The third-order valence-corrected chi connectivity index (χ3v) is 4.67. The molecule has 2 aliphatic heterocycles. The van der Waals surface area contributed by atoms with E-state index in [1.54, 1.807) is 6.07 Å². The quantitative estimate of drug-likeness (QED) is 0.882. The molecule has 2 N–H and O–H groups in total. The van der Waals surface area contributed by atoms with Gasteiger partial charge in [0.1, 0.15) is 11.4 Å². The Morgan fingerprint density at radius 3 is 2.85 bits per heavy atom. The smallest absolute Gasteiger partial charge is 0.229 e. The van der Waals surface area contributed by atoms with Crippen molar-refractivity contribution in [3.05, 3.63) is 16.1 Å². The summed E-state index contributed by atoms with van der Waals surface area (Å²) in [6, 6.07) is 1.74. The minimum absolute atomic E-state index is 0.0546. The summed E-state index contributed by atoms with van der Waals surface area (Å²) in [5.41, 5.74) is 1.59. The lowest BCUT2D eigenvalue weighted by molar-refractivity contribution is -0.119. The van der Waals surface area contributed by atoms with Crippen LogP contribution in [0.4, 0.5) is 17.1 Å². The van der Waals surface area contributed by atoms with E-state index in [-0.39, 0.29) is 17.9 Å². The number of fused-ring (bicyclic) bond motifs is 1. The number of hydrogen-bond donors (Lipinski definition) is 2. The Bertz CT molecular complexity index is 657. The molecule has 3 rings (SSSR count). The Morgan fingerprint density at radius 1 is 1.40 bits per heavy atom. The molecule has 1 aromatic rings. The number of rotatable bonds is 2. The van der Waals surface area contributed by atoms with Crippen molar-refractivity contribution in [1.82, 2.24) is 5.32 Å². The molecule has 0 aliphatic carbocycles. The Morgan fingerprint density at radius 2 is 2.15 bits per heavy atom. The van der Waals surface area contributed by atoms with E-state index in [2.05, 4.69) is 19.4 Å². The van der Waals surface area contributed by atoms with E-state index in [9.17, 15) is 4.79 Å². The summed E-state index contributed by atoms with van der Waals surface area (Å²) < 4.78 is 8.29. The lowest BCUT2D eigenvalue weighted by atomic mass is 10.0. The van der Waals surface area contributed by atoms with Crippen molar-refractivity contribution in [3.8, 4) is 0 Å². The van der Waals surface area contributed by atoms with Gasteiger partial charge in [0.15, 0.2) is 0 Å². The predicted octanol–water partition coefficient (Wildman–Crippen LogP) is 3.66. The van der Waals surface area contributed by atoms with Crippen molar-refractivity contribution < 1.29 is 4.79 Å². The standard InChI is InChI=1S/C12H12Cl2N4OS/c1-5-6(2-3-15-5)12(19)16-9-7(13)4-8(14)10-11(9)18-20-17-10/h4-6,15H,2-3H2,1H3,(H,16,19). The first-order valence-corrected chi connectivity index (χ1v) is 7.71. The van der Waals surface area contributed by atoms with Crippen molar-refractivity contribution in [2.75, 3.05) is 11.9 Å². The monoisotopic (exact) mass is 330 g/mol. The van der Waals surface area contributed by atoms with Crippen molar-refractivity contribution in [1.29, 1.82) is 0 Å². The molecular formula is C12H12Cl2N4OS. The normalized spacial score (nSPS) is 23.6. The van der Waals surface area contributed by atoms with Crippen molar-refractivity contribution in [3.63, 3.8) is 0 Å². The van der Waals surface area contributed by atoms with Gasteiger partial charge in [-0.05, 0) is 26.0 Å². The summed E-state index contributed by atoms with van der Waals surface area (Å²) >= 11 is 13.3. The SMILES string of the molecule is CC1NCCC1C(=O)Nc1c(Cl)cc(Cl)c2c1N=S=N2. The lowest BCUT2D eigenvalue weighted by Crippen LogP contribution is -2.32. The molecule has 2 heterocycles. The molecule has 2 atom stereocenters. The van der Waals surface area contributed by atoms with E-state index in [1.165, 1.54) is 0 Å². The number of carbonyl (C=O) groups excluding carboxylic acids is 1. The van der Waals surface area contributed by atoms with Crippen LogP contribution >= 0.6 is 23.2 Å². The van der Waals surface area contributed by atoms with Gasteiger partial charge >= 0.3 is 0 Å². The van der Waals surface area contributed by atoms with Gasteiger partial charge in [0.25, 0.3) is 0 Å². The highest BCUT2D eigenvalue weighted by atomic mass is 35.5. The predicted molar refractivity (Wildman–Crippen MR) is 82.2 cm³/mol. The third kappa shape index (κ3) is 2.37. The first-order valence-electron chi connectivity index (χ1n) is 6.22. The minimum atomic E-state index is -0.0663. The number of benzene rings is 1. The second-order valence-corrected chi connectivity index (χ2v) is 6.15. The van der Waals surface area contributed by atoms with Crippen molar-refractivity contribution in [2.45, 2.75) is 19.4 Å². The summed E-state index contributed by atoms with van der Waals surface area (Å²) in [5.74, 6) is -0.121. The highest BCUT2D eigenvalue weighted by molar-refractivity contribution is 7.58. The molecule has 0 bridgehead atoms. The van der Waals surface area contributed by atoms with Gasteiger partial charge < -0.3 is 10.6 Å². The zero-order chi connectivity index (χ0) is 14.3. The molecular weight excluding hydrogens is 319 g/mol. The van der Waals surface area contributed by atoms with E-state index >= 15 is 0 Å². The molecule has 1 fully saturated rings. The number of nitrogens with zero attached hydrogens (tertiary/aromatic N) is 2. The number of carbonyl (C=O) groups is 1. The van der Waals surface area contributed by atoms with Crippen molar-refractivity contribution >= 4 is 57.5 Å². The molecule has 20 heavy (non-hydrogen) atoms. The molecule has 8 heteroatoms. The summed E-state index contributed by atoms with van der Waals surface area (Å²) in [5, 5.41) is 6.94. The molecule has 106 valence electrons. The number of halogens is 2.